The molecule has 5 atom stereocenters. The van der Waals surface area contributed by atoms with Crippen LogP contribution < -0.4 is 4.74 Å². The summed E-state index contributed by atoms with van der Waals surface area (Å²) in [6.45, 7) is 5.94. The number of ether oxygens (including phenoxy) is 6. The summed E-state index contributed by atoms with van der Waals surface area (Å²) >= 11 is 0. The number of carbonyl (C=O) groups excluding carboxylic acids is 4. The van der Waals surface area contributed by atoms with Gasteiger partial charge < -0.3 is 38.6 Å². The third-order valence-electron chi connectivity index (χ3n) is 8.19. The smallest absolute Gasteiger partial charge is 0.341 e. The van der Waals surface area contributed by atoms with Crippen LogP contribution in [0.25, 0.3) is 0 Å². The van der Waals surface area contributed by atoms with Gasteiger partial charge in [0.1, 0.15) is 30.1 Å². The maximum Gasteiger partial charge on any atom is 0.341 e. The fourth-order valence-electron chi connectivity index (χ4n) is 5.53. The number of cyclic esters (lactones) is 2. The minimum Gasteiger partial charge on any atom is -0.489 e. The zero-order valence-corrected chi connectivity index (χ0v) is 27.5. The first-order chi connectivity index (χ1) is 21.8. The van der Waals surface area contributed by atoms with Crippen LogP contribution in [0.5, 0.6) is 5.75 Å². The molecule has 2 N–H and O–H groups in total. The maximum atomic E-state index is 13.3. The van der Waals surface area contributed by atoms with Crippen molar-refractivity contribution < 1.29 is 57.8 Å². The Morgan fingerprint density at radius 2 is 1.78 bits per heavy atom. The van der Waals surface area contributed by atoms with Crippen molar-refractivity contribution in [3.05, 3.63) is 41.5 Å². The van der Waals surface area contributed by atoms with Crippen molar-refractivity contribution in [1.29, 1.82) is 0 Å². The van der Waals surface area contributed by atoms with E-state index in [4.69, 9.17) is 28.4 Å². The largest absolute Gasteiger partial charge is 0.489 e. The van der Waals surface area contributed by atoms with Crippen molar-refractivity contribution in [1.82, 2.24) is 0 Å². The third-order valence-corrected chi connectivity index (χ3v) is 8.19. The number of hydrogen-bond acceptors (Lipinski definition) is 12. The van der Waals surface area contributed by atoms with E-state index in [9.17, 15) is 29.4 Å². The second-order valence-electron chi connectivity index (χ2n) is 12.5. The monoisotopic (exact) mass is 648 g/mol. The van der Waals surface area contributed by atoms with Crippen LogP contribution in [0.3, 0.4) is 0 Å². The molecule has 3 rings (SSSR count). The van der Waals surface area contributed by atoms with E-state index in [1.165, 1.54) is 13.2 Å². The first-order valence-electron chi connectivity index (χ1n) is 15.9. The number of para-hydroxylation sites is 1. The van der Waals surface area contributed by atoms with Gasteiger partial charge >= 0.3 is 23.9 Å². The van der Waals surface area contributed by atoms with Gasteiger partial charge in [-0.25, -0.2) is 9.59 Å². The standard InChI is InChI=1S/C34H48O12/c1-6-7-8-9-10-15-28(36)45-31-23(18-29(37)41-5)17-24-19-25(20-35)44-30(38)16-22(2)43-27-14-12-11-13-26(27)32(39)42-21-33(3,4)34(31,40)46-24/h11-14,18,22,24-25,31,35,40H,6-10,15-17,19-21H2,1-5H3/b23-18+/t22?,24-,25?,31-,34+/m0/s1. The van der Waals surface area contributed by atoms with Gasteiger partial charge in [0.15, 0.2) is 6.10 Å². The van der Waals surface area contributed by atoms with Crippen LogP contribution in [0, 0.1) is 5.41 Å². The number of aliphatic hydroxyl groups is 2. The second-order valence-corrected chi connectivity index (χ2v) is 12.5. The van der Waals surface area contributed by atoms with Gasteiger partial charge in [-0.3, -0.25) is 9.59 Å². The molecule has 0 aromatic heterocycles. The average molecular weight is 649 g/mol. The summed E-state index contributed by atoms with van der Waals surface area (Å²) in [5.74, 6) is -4.94. The lowest BCUT2D eigenvalue weighted by molar-refractivity contribution is -0.340. The van der Waals surface area contributed by atoms with Crippen LogP contribution in [0.2, 0.25) is 0 Å². The molecule has 1 aromatic carbocycles. The van der Waals surface area contributed by atoms with Crippen molar-refractivity contribution in [3.8, 4) is 5.75 Å². The predicted octanol–water partition coefficient (Wildman–Crippen LogP) is 4.18. The van der Waals surface area contributed by atoms with Crippen LogP contribution in [-0.4, -0.2) is 84.6 Å². The Bertz CT molecular complexity index is 1240. The van der Waals surface area contributed by atoms with E-state index < -0.39 is 72.7 Å². The summed E-state index contributed by atoms with van der Waals surface area (Å²) in [5.41, 5.74) is -1.17. The zero-order chi connectivity index (χ0) is 33.9. The van der Waals surface area contributed by atoms with E-state index in [0.29, 0.717) is 6.42 Å². The van der Waals surface area contributed by atoms with Gasteiger partial charge in [0.05, 0.1) is 31.7 Å². The topological polar surface area (TPSA) is 164 Å². The van der Waals surface area contributed by atoms with Crippen molar-refractivity contribution in [3.63, 3.8) is 0 Å². The number of carbonyl (C=O) groups is 4. The highest BCUT2D eigenvalue weighted by Crippen LogP contribution is 2.46. The summed E-state index contributed by atoms with van der Waals surface area (Å²) in [5, 5.41) is 22.5. The van der Waals surface area contributed by atoms with E-state index >= 15 is 0 Å². The molecule has 1 fully saturated rings. The molecule has 46 heavy (non-hydrogen) atoms. The first-order valence-corrected chi connectivity index (χ1v) is 15.9. The fraction of sp³-hybridized carbons (Fsp3) is 0.647. The third kappa shape index (κ3) is 9.76. The van der Waals surface area contributed by atoms with Crippen molar-refractivity contribution in [2.45, 2.75) is 116 Å². The number of methoxy groups -OCH3 is 1. The van der Waals surface area contributed by atoms with Gasteiger partial charge in [-0.15, -0.1) is 0 Å². The number of benzene rings is 1. The van der Waals surface area contributed by atoms with Gasteiger partial charge in [0.2, 0.25) is 5.79 Å². The van der Waals surface area contributed by atoms with E-state index in [0.717, 1.165) is 31.8 Å². The highest BCUT2D eigenvalue weighted by atomic mass is 16.7. The molecule has 0 radical (unpaired) electrons. The molecule has 2 heterocycles. The first kappa shape index (κ1) is 37.0. The molecule has 1 saturated heterocycles. The molecule has 0 spiro atoms. The zero-order valence-electron chi connectivity index (χ0n) is 27.5. The van der Waals surface area contributed by atoms with E-state index in [1.807, 2.05) is 0 Å². The molecule has 0 saturated carbocycles. The Labute approximate surface area is 270 Å². The van der Waals surface area contributed by atoms with Gasteiger partial charge in [0, 0.05) is 18.9 Å². The molecule has 256 valence electrons. The van der Waals surface area contributed by atoms with Crippen molar-refractivity contribution >= 4 is 23.9 Å². The second kappa shape index (κ2) is 16.9. The molecular formula is C34H48O12. The van der Waals surface area contributed by atoms with Gasteiger partial charge in [0.25, 0.3) is 0 Å². The number of aliphatic hydroxyl groups excluding tert-OH is 1. The normalized spacial score (nSPS) is 27.8. The van der Waals surface area contributed by atoms with Gasteiger partial charge in [-0.1, -0.05) is 58.6 Å². The Morgan fingerprint density at radius 3 is 2.48 bits per heavy atom. The lowest BCUT2D eigenvalue weighted by atomic mass is 9.75. The van der Waals surface area contributed by atoms with Crippen molar-refractivity contribution in [2.75, 3.05) is 20.3 Å². The van der Waals surface area contributed by atoms with Crippen LogP contribution in [0.4, 0.5) is 0 Å². The Morgan fingerprint density at radius 1 is 1.07 bits per heavy atom. The molecule has 12 nitrogen and oxygen atoms in total. The molecule has 2 aliphatic heterocycles. The highest BCUT2D eigenvalue weighted by molar-refractivity contribution is 5.92. The van der Waals surface area contributed by atoms with Crippen LogP contribution in [0.15, 0.2) is 35.9 Å². The Kier molecular flexibility index (Phi) is 13.6. The quantitative estimate of drug-likeness (QED) is 0.170. The lowest BCUT2D eigenvalue weighted by Crippen LogP contribution is -2.63. The Balaban J connectivity index is 2.04. The highest BCUT2D eigenvalue weighted by Gasteiger charge is 2.59. The number of fused-ring (bicyclic) bond motifs is 3. The molecule has 2 aliphatic rings. The Hall–Kier alpha value is -3.48. The number of esters is 4. The number of rotatable bonds is 9. The maximum absolute atomic E-state index is 13.3. The minimum absolute atomic E-state index is 0.0251. The summed E-state index contributed by atoms with van der Waals surface area (Å²) in [6.07, 6.45) is 1.28. The van der Waals surface area contributed by atoms with E-state index in [-0.39, 0.29) is 42.6 Å². The molecular weight excluding hydrogens is 600 g/mol. The summed E-state index contributed by atoms with van der Waals surface area (Å²) < 4.78 is 34.1. The van der Waals surface area contributed by atoms with Crippen LogP contribution in [-0.2, 0) is 38.1 Å². The van der Waals surface area contributed by atoms with Crippen LogP contribution >= 0.6 is 0 Å². The van der Waals surface area contributed by atoms with Crippen LogP contribution in [0.1, 0.15) is 95.8 Å². The van der Waals surface area contributed by atoms with Gasteiger partial charge in [-0.2, -0.15) is 0 Å². The summed E-state index contributed by atoms with van der Waals surface area (Å²) in [4.78, 5) is 51.7. The molecule has 12 heteroatoms. The predicted molar refractivity (Wildman–Crippen MR) is 165 cm³/mol. The van der Waals surface area contributed by atoms with Crippen molar-refractivity contribution in [2.24, 2.45) is 5.41 Å². The molecule has 2 unspecified atom stereocenters. The molecule has 2 bridgehead atoms. The molecule has 1 aromatic rings. The lowest BCUT2D eigenvalue weighted by Gasteiger charge is -2.51. The van der Waals surface area contributed by atoms with Gasteiger partial charge in [-0.05, 0) is 37.5 Å². The molecule has 0 aliphatic carbocycles. The minimum atomic E-state index is -2.35. The summed E-state index contributed by atoms with van der Waals surface area (Å²) in [7, 11) is 1.19. The molecule has 0 amide bonds. The number of hydrogen-bond donors (Lipinski definition) is 2. The summed E-state index contributed by atoms with van der Waals surface area (Å²) in [6, 6.07) is 6.36. The fourth-order valence-corrected chi connectivity index (χ4v) is 5.53. The average Bonchev–Trinajstić information content (AvgIpc) is 3.00. The number of unbranched alkanes of at least 4 members (excludes halogenated alkanes) is 4. The SMILES string of the molecule is CCCCCCCC(=O)O[C@H]1/C(=C/C(=O)OC)C[C@H]2CC(CO)OC(=O)CC(C)Oc3ccccc3C(=O)OCC(C)(C)[C@]1(O)O2. The van der Waals surface area contributed by atoms with E-state index in [2.05, 4.69) is 6.92 Å². The van der Waals surface area contributed by atoms with E-state index in [1.54, 1.807) is 39.0 Å².